The molecule has 0 aliphatic heterocycles. The molecule has 0 fully saturated rings. The molecule has 10 aromatic rings. The standard InChI is InChI=1S/C41H23N5O/c1-2-5-24(6-3-1)37-40-39(46-23-45-37)35-21-30(22-44-41(35)47-40)26-11-13-31-27(19-26)8-9-28-20-29(12-14-32(28)31)33-16-18-43-38-34(33)15-10-25-7-4-17-42-36(25)38/h1-23H. The fourth-order valence-corrected chi connectivity index (χ4v) is 6.85. The second-order valence-corrected chi connectivity index (χ2v) is 11.8. The minimum absolute atomic E-state index is 0.551. The van der Waals surface area contributed by atoms with Crippen LogP contribution in [0.3, 0.4) is 0 Å². The van der Waals surface area contributed by atoms with Gasteiger partial charge in [0.1, 0.15) is 17.5 Å². The second kappa shape index (κ2) is 9.99. The van der Waals surface area contributed by atoms with Crippen molar-refractivity contribution in [3.05, 3.63) is 140 Å². The zero-order chi connectivity index (χ0) is 30.9. The summed E-state index contributed by atoms with van der Waals surface area (Å²) in [6.07, 6.45) is 7.17. The van der Waals surface area contributed by atoms with Crippen molar-refractivity contribution >= 4 is 65.6 Å². The van der Waals surface area contributed by atoms with Crippen molar-refractivity contribution in [1.29, 1.82) is 0 Å². The highest BCUT2D eigenvalue weighted by Crippen LogP contribution is 2.37. The van der Waals surface area contributed by atoms with Gasteiger partial charge < -0.3 is 4.42 Å². The molecular formula is C41H23N5O. The Labute approximate surface area is 268 Å². The molecule has 0 aliphatic rings. The van der Waals surface area contributed by atoms with Gasteiger partial charge in [-0.25, -0.2) is 15.0 Å². The lowest BCUT2D eigenvalue weighted by Crippen LogP contribution is -1.88. The van der Waals surface area contributed by atoms with Crippen LogP contribution in [-0.4, -0.2) is 24.9 Å². The molecule has 0 N–H and O–H groups in total. The zero-order valence-corrected chi connectivity index (χ0v) is 24.9. The monoisotopic (exact) mass is 601 g/mol. The minimum atomic E-state index is 0.551. The van der Waals surface area contributed by atoms with Crippen LogP contribution in [-0.2, 0) is 0 Å². The molecular weight excluding hydrogens is 578 g/mol. The number of fused-ring (bicyclic) bond motifs is 9. The number of hydrogen-bond donors (Lipinski definition) is 0. The maximum Gasteiger partial charge on any atom is 0.229 e. The van der Waals surface area contributed by atoms with E-state index in [4.69, 9.17) is 14.4 Å². The number of furan rings is 1. The van der Waals surface area contributed by atoms with Gasteiger partial charge in [0.15, 0.2) is 5.58 Å². The van der Waals surface area contributed by atoms with Crippen molar-refractivity contribution in [1.82, 2.24) is 24.9 Å². The molecule has 10 rings (SSSR count). The molecule has 5 aromatic heterocycles. The van der Waals surface area contributed by atoms with Gasteiger partial charge in [-0.1, -0.05) is 84.9 Å². The molecule has 6 nitrogen and oxygen atoms in total. The van der Waals surface area contributed by atoms with Crippen molar-refractivity contribution in [2.24, 2.45) is 0 Å². The van der Waals surface area contributed by atoms with Gasteiger partial charge in [-0.3, -0.25) is 9.97 Å². The molecule has 0 saturated carbocycles. The molecule has 47 heavy (non-hydrogen) atoms. The third kappa shape index (κ3) is 4.02. The highest BCUT2D eigenvalue weighted by molar-refractivity contribution is 6.12. The number of pyridine rings is 3. The average molecular weight is 602 g/mol. The van der Waals surface area contributed by atoms with Gasteiger partial charge in [0.2, 0.25) is 5.71 Å². The topological polar surface area (TPSA) is 77.6 Å². The summed E-state index contributed by atoms with van der Waals surface area (Å²) in [4.78, 5) is 23.1. The Balaban J connectivity index is 1.05. The summed E-state index contributed by atoms with van der Waals surface area (Å²) in [5.41, 5.74) is 9.94. The first-order chi connectivity index (χ1) is 23.3. The summed E-state index contributed by atoms with van der Waals surface area (Å²) in [6, 6.07) is 40.3. The normalized spacial score (nSPS) is 11.8. The Hall–Kier alpha value is -6.53. The van der Waals surface area contributed by atoms with Crippen LogP contribution in [0.5, 0.6) is 0 Å². The number of aromatic nitrogens is 5. The van der Waals surface area contributed by atoms with Gasteiger partial charge in [0.25, 0.3) is 0 Å². The molecule has 0 unspecified atom stereocenters. The molecule has 0 radical (unpaired) electrons. The first kappa shape index (κ1) is 25.8. The molecule has 218 valence electrons. The van der Waals surface area contributed by atoms with Crippen LogP contribution >= 0.6 is 0 Å². The van der Waals surface area contributed by atoms with E-state index < -0.39 is 0 Å². The second-order valence-electron chi connectivity index (χ2n) is 11.8. The Morgan fingerprint density at radius 2 is 1.19 bits per heavy atom. The van der Waals surface area contributed by atoms with E-state index in [0.29, 0.717) is 11.3 Å². The van der Waals surface area contributed by atoms with Gasteiger partial charge >= 0.3 is 0 Å². The predicted molar refractivity (Wildman–Crippen MR) is 189 cm³/mol. The van der Waals surface area contributed by atoms with Crippen LogP contribution in [0.1, 0.15) is 0 Å². The van der Waals surface area contributed by atoms with Gasteiger partial charge in [-0.05, 0) is 68.6 Å². The van der Waals surface area contributed by atoms with Crippen LogP contribution < -0.4 is 0 Å². The van der Waals surface area contributed by atoms with Crippen molar-refractivity contribution < 1.29 is 4.42 Å². The smallest absolute Gasteiger partial charge is 0.229 e. The maximum absolute atomic E-state index is 6.19. The van der Waals surface area contributed by atoms with E-state index in [1.807, 2.05) is 55.0 Å². The summed E-state index contributed by atoms with van der Waals surface area (Å²) in [7, 11) is 0. The summed E-state index contributed by atoms with van der Waals surface area (Å²) >= 11 is 0. The fourth-order valence-electron chi connectivity index (χ4n) is 6.85. The van der Waals surface area contributed by atoms with Crippen LogP contribution in [0.15, 0.2) is 145 Å². The van der Waals surface area contributed by atoms with E-state index in [-0.39, 0.29) is 0 Å². The quantitative estimate of drug-likeness (QED) is 0.188. The molecule has 0 saturated heterocycles. The van der Waals surface area contributed by atoms with Crippen molar-refractivity contribution in [3.63, 3.8) is 0 Å². The van der Waals surface area contributed by atoms with Crippen LogP contribution in [0.2, 0.25) is 0 Å². The summed E-state index contributed by atoms with van der Waals surface area (Å²) < 4.78 is 6.19. The van der Waals surface area contributed by atoms with Crippen LogP contribution in [0.4, 0.5) is 0 Å². The summed E-state index contributed by atoms with van der Waals surface area (Å²) in [5, 5.41) is 7.83. The number of benzene rings is 5. The summed E-state index contributed by atoms with van der Waals surface area (Å²) in [5.74, 6) is 0. The first-order valence-corrected chi connectivity index (χ1v) is 15.5. The van der Waals surface area contributed by atoms with Gasteiger partial charge in [-0.15, -0.1) is 0 Å². The molecule has 0 atom stereocenters. The maximum atomic E-state index is 6.19. The van der Waals surface area contributed by atoms with E-state index in [0.717, 1.165) is 66.2 Å². The third-order valence-corrected chi connectivity index (χ3v) is 9.12. The van der Waals surface area contributed by atoms with E-state index in [2.05, 4.69) is 93.8 Å². The van der Waals surface area contributed by atoms with Crippen LogP contribution in [0, 0.1) is 0 Å². The van der Waals surface area contributed by atoms with E-state index >= 15 is 0 Å². The molecule has 0 bridgehead atoms. The molecule has 5 aromatic carbocycles. The van der Waals surface area contributed by atoms with Gasteiger partial charge in [0, 0.05) is 40.5 Å². The van der Waals surface area contributed by atoms with Crippen molar-refractivity contribution in [2.45, 2.75) is 0 Å². The number of nitrogens with zero attached hydrogens (tertiary/aromatic N) is 5. The van der Waals surface area contributed by atoms with E-state index in [1.165, 1.54) is 21.5 Å². The fraction of sp³-hybridized carbons (Fsp3) is 0. The average Bonchev–Trinajstić information content (AvgIpc) is 3.52. The molecule has 0 aliphatic carbocycles. The van der Waals surface area contributed by atoms with Crippen LogP contribution in [0.25, 0.3) is 99.1 Å². The van der Waals surface area contributed by atoms with Gasteiger partial charge in [-0.2, -0.15) is 0 Å². The Kier molecular flexibility index (Phi) is 5.48. The lowest BCUT2D eigenvalue weighted by molar-refractivity contribution is 0.652. The van der Waals surface area contributed by atoms with Crippen molar-refractivity contribution in [2.75, 3.05) is 0 Å². The third-order valence-electron chi connectivity index (χ3n) is 9.12. The minimum Gasteiger partial charge on any atom is -0.434 e. The lowest BCUT2D eigenvalue weighted by Gasteiger charge is -2.11. The predicted octanol–water partition coefficient (Wildman–Crippen LogP) is 10.2. The van der Waals surface area contributed by atoms with E-state index in [9.17, 15) is 0 Å². The largest absolute Gasteiger partial charge is 0.434 e. The van der Waals surface area contributed by atoms with Gasteiger partial charge in [0.05, 0.1) is 16.4 Å². The lowest BCUT2D eigenvalue weighted by atomic mass is 9.94. The Morgan fingerprint density at radius 3 is 2.06 bits per heavy atom. The number of rotatable bonds is 3. The molecule has 5 heterocycles. The molecule has 6 heteroatoms. The molecule has 0 amide bonds. The first-order valence-electron chi connectivity index (χ1n) is 15.5. The number of hydrogen-bond acceptors (Lipinski definition) is 6. The van der Waals surface area contributed by atoms with Crippen molar-refractivity contribution in [3.8, 4) is 33.5 Å². The Bertz CT molecular complexity index is 2860. The highest BCUT2D eigenvalue weighted by Gasteiger charge is 2.17. The SMILES string of the molecule is c1ccc(-c2ncnc3c2oc2ncc(-c4ccc5c(ccc6cc(-c7ccnc8c7ccc7cccnc78)ccc65)c4)cc23)cc1. The van der Waals surface area contributed by atoms with E-state index in [1.54, 1.807) is 6.33 Å². The summed E-state index contributed by atoms with van der Waals surface area (Å²) in [6.45, 7) is 0. The molecule has 0 spiro atoms. The highest BCUT2D eigenvalue weighted by atomic mass is 16.3. The zero-order valence-electron chi connectivity index (χ0n) is 24.9. The Morgan fingerprint density at radius 1 is 0.426 bits per heavy atom.